The number of nitrogens with zero attached hydrogens (tertiary/aromatic N) is 1. The van der Waals surface area contributed by atoms with E-state index in [0.29, 0.717) is 12.0 Å². The Hall–Kier alpha value is -1.39. The van der Waals surface area contributed by atoms with Crippen molar-refractivity contribution in [2.75, 3.05) is 26.2 Å². The van der Waals surface area contributed by atoms with Crippen molar-refractivity contribution in [3.8, 4) is 0 Å². The van der Waals surface area contributed by atoms with Crippen LogP contribution in [0.2, 0.25) is 0 Å². The topological polar surface area (TPSA) is 41.6 Å². The fraction of sp³-hybridized carbons (Fsp3) is 0.650. The first-order valence-corrected chi connectivity index (χ1v) is 9.41. The highest BCUT2D eigenvalue weighted by Crippen LogP contribution is 2.43. The number of hydrogen-bond acceptors (Lipinski definition) is 3. The Kier molecular flexibility index (Phi) is 4.59. The maximum absolute atomic E-state index is 11.9. The molecule has 2 heterocycles. The van der Waals surface area contributed by atoms with E-state index in [1.54, 1.807) is 0 Å². The molecule has 1 amide bonds. The molecule has 2 saturated heterocycles. The third kappa shape index (κ3) is 3.50. The van der Waals surface area contributed by atoms with Crippen LogP contribution in [0.3, 0.4) is 0 Å². The number of benzene rings is 1. The normalized spacial score (nSPS) is 30.1. The van der Waals surface area contributed by atoms with E-state index in [4.69, 9.17) is 4.74 Å². The fourth-order valence-electron chi connectivity index (χ4n) is 4.40. The molecular formula is C20H28N2O2. The van der Waals surface area contributed by atoms with Gasteiger partial charge in [0.15, 0.2) is 0 Å². The Morgan fingerprint density at radius 1 is 1.25 bits per heavy atom. The smallest absolute Gasteiger partial charge is 0.223 e. The molecule has 2 atom stereocenters. The highest BCUT2D eigenvalue weighted by atomic mass is 16.5. The summed E-state index contributed by atoms with van der Waals surface area (Å²) in [6, 6.07) is 10.7. The molecule has 0 radical (unpaired) electrons. The minimum absolute atomic E-state index is 0.226. The van der Waals surface area contributed by atoms with Crippen LogP contribution in [0.5, 0.6) is 0 Å². The van der Waals surface area contributed by atoms with Crippen molar-refractivity contribution in [2.24, 2.45) is 11.3 Å². The molecule has 24 heavy (non-hydrogen) atoms. The van der Waals surface area contributed by atoms with Crippen LogP contribution in [0.4, 0.5) is 0 Å². The van der Waals surface area contributed by atoms with Gasteiger partial charge in [-0.2, -0.15) is 0 Å². The molecule has 2 aliphatic heterocycles. The van der Waals surface area contributed by atoms with E-state index in [9.17, 15) is 4.79 Å². The van der Waals surface area contributed by atoms with E-state index in [-0.39, 0.29) is 11.3 Å². The molecule has 1 aliphatic carbocycles. The van der Waals surface area contributed by atoms with Gasteiger partial charge in [-0.3, -0.25) is 9.69 Å². The summed E-state index contributed by atoms with van der Waals surface area (Å²) < 4.78 is 6.04. The molecule has 0 unspecified atom stereocenters. The third-order valence-electron chi connectivity index (χ3n) is 5.97. The van der Waals surface area contributed by atoms with E-state index < -0.39 is 0 Å². The lowest BCUT2D eigenvalue weighted by atomic mass is 9.74. The summed E-state index contributed by atoms with van der Waals surface area (Å²) in [5, 5.41) is 3.15. The second kappa shape index (κ2) is 6.85. The molecule has 0 spiro atoms. The molecule has 4 heteroatoms. The highest BCUT2D eigenvalue weighted by Gasteiger charge is 2.47. The van der Waals surface area contributed by atoms with Gasteiger partial charge in [-0.05, 0) is 37.7 Å². The molecule has 130 valence electrons. The third-order valence-corrected chi connectivity index (χ3v) is 5.97. The van der Waals surface area contributed by atoms with Crippen LogP contribution >= 0.6 is 0 Å². The standard InChI is InChI=1S/C20H28N2O2/c23-19(17-6-7-17)21-11-9-20-10-13-24-18(20)8-12-22(15-20)14-16-4-2-1-3-5-16/h1-5,17-18H,6-15H2,(H,21,23)/t18-,20+/m1/s1. The van der Waals surface area contributed by atoms with Gasteiger partial charge in [0.2, 0.25) is 5.91 Å². The summed E-state index contributed by atoms with van der Waals surface area (Å²) in [6.07, 6.45) is 5.82. The van der Waals surface area contributed by atoms with Gasteiger partial charge in [0.25, 0.3) is 0 Å². The average Bonchev–Trinajstić information content (AvgIpc) is 3.36. The summed E-state index contributed by atoms with van der Waals surface area (Å²) >= 11 is 0. The number of nitrogens with one attached hydrogen (secondary N) is 1. The van der Waals surface area contributed by atoms with E-state index in [1.807, 2.05) is 0 Å². The van der Waals surface area contributed by atoms with E-state index in [1.165, 1.54) is 5.56 Å². The maximum Gasteiger partial charge on any atom is 0.223 e. The van der Waals surface area contributed by atoms with Crippen molar-refractivity contribution in [3.63, 3.8) is 0 Å². The molecule has 4 nitrogen and oxygen atoms in total. The number of rotatable bonds is 6. The molecule has 3 fully saturated rings. The first-order chi connectivity index (χ1) is 11.8. The van der Waals surface area contributed by atoms with Crippen molar-refractivity contribution < 1.29 is 9.53 Å². The molecule has 3 aliphatic rings. The minimum Gasteiger partial charge on any atom is -0.378 e. The predicted molar refractivity (Wildman–Crippen MR) is 93.5 cm³/mol. The zero-order chi connectivity index (χ0) is 16.4. The Labute approximate surface area is 144 Å². The summed E-state index contributed by atoms with van der Waals surface area (Å²) in [5.41, 5.74) is 1.61. The SMILES string of the molecule is O=C(NCC[C@@]12CCO[C@@H]1CCN(Cc1ccccc1)C2)C1CC1. The summed E-state index contributed by atoms with van der Waals surface area (Å²) in [4.78, 5) is 14.5. The number of ether oxygens (including phenoxy) is 1. The number of amides is 1. The van der Waals surface area contributed by atoms with Crippen LogP contribution in [-0.4, -0.2) is 43.2 Å². The summed E-state index contributed by atoms with van der Waals surface area (Å²) in [6.45, 7) is 4.89. The van der Waals surface area contributed by atoms with Crippen molar-refractivity contribution in [1.82, 2.24) is 10.2 Å². The predicted octanol–water partition coefficient (Wildman–Crippen LogP) is 2.58. The van der Waals surface area contributed by atoms with Crippen LogP contribution in [-0.2, 0) is 16.1 Å². The molecule has 4 rings (SSSR count). The van der Waals surface area contributed by atoms with Crippen LogP contribution in [0, 0.1) is 11.3 Å². The van der Waals surface area contributed by atoms with Gasteiger partial charge in [0.05, 0.1) is 6.10 Å². The molecule has 0 bridgehead atoms. The van der Waals surface area contributed by atoms with E-state index in [2.05, 4.69) is 40.5 Å². The number of piperidine rings is 1. The number of fused-ring (bicyclic) bond motifs is 1. The lowest BCUT2D eigenvalue weighted by Gasteiger charge is -2.44. The van der Waals surface area contributed by atoms with Gasteiger partial charge in [0.1, 0.15) is 0 Å². The van der Waals surface area contributed by atoms with Gasteiger partial charge in [-0.15, -0.1) is 0 Å². The van der Waals surface area contributed by atoms with Gasteiger partial charge in [-0.1, -0.05) is 30.3 Å². The van der Waals surface area contributed by atoms with Crippen molar-refractivity contribution >= 4 is 5.91 Å². The Morgan fingerprint density at radius 3 is 2.88 bits per heavy atom. The molecular weight excluding hydrogens is 300 g/mol. The molecule has 0 aromatic heterocycles. The Morgan fingerprint density at radius 2 is 2.08 bits per heavy atom. The van der Waals surface area contributed by atoms with Gasteiger partial charge in [0, 0.05) is 44.1 Å². The lowest BCUT2D eigenvalue weighted by Crippen LogP contribution is -2.50. The molecule has 1 aromatic rings. The van der Waals surface area contributed by atoms with Crippen LogP contribution < -0.4 is 5.32 Å². The molecule has 1 saturated carbocycles. The Bertz CT molecular complexity index is 572. The van der Waals surface area contributed by atoms with E-state index in [0.717, 1.165) is 64.9 Å². The highest BCUT2D eigenvalue weighted by molar-refractivity contribution is 5.80. The lowest BCUT2D eigenvalue weighted by molar-refractivity contribution is -0.122. The molecule has 1 aromatic carbocycles. The quantitative estimate of drug-likeness (QED) is 0.873. The first kappa shape index (κ1) is 16.1. The van der Waals surface area contributed by atoms with Gasteiger partial charge >= 0.3 is 0 Å². The minimum atomic E-state index is 0.226. The van der Waals surface area contributed by atoms with Crippen LogP contribution in [0.1, 0.15) is 37.7 Å². The fourth-order valence-corrected chi connectivity index (χ4v) is 4.40. The number of likely N-dealkylation sites (tertiary alicyclic amines) is 1. The van der Waals surface area contributed by atoms with Gasteiger partial charge in [-0.25, -0.2) is 0 Å². The first-order valence-electron chi connectivity index (χ1n) is 9.41. The van der Waals surface area contributed by atoms with Crippen molar-refractivity contribution in [3.05, 3.63) is 35.9 Å². The number of carbonyl (C=O) groups is 1. The van der Waals surface area contributed by atoms with Crippen LogP contribution in [0.25, 0.3) is 0 Å². The zero-order valence-corrected chi connectivity index (χ0v) is 14.4. The maximum atomic E-state index is 11.9. The zero-order valence-electron chi connectivity index (χ0n) is 14.4. The number of hydrogen-bond donors (Lipinski definition) is 1. The summed E-state index contributed by atoms with van der Waals surface area (Å²) in [5.74, 6) is 0.567. The van der Waals surface area contributed by atoms with Crippen LogP contribution in [0.15, 0.2) is 30.3 Å². The second-order valence-corrected chi connectivity index (χ2v) is 7.77. The van der Waals surface area contributed by atoms with Gasteiger partial charge < -0.3 is 10.1 Å². The Balaban J connectivity index is 1.36. The number of carbonyl (C=O) groups excluding carboxylic acids is 1. The summed E-state index contributed by atoms with van der Waals surface area (Å²) in [7, 11) is 0. The van der Waals surface area contributed by atoms with Crippen molar-refractivity contribution in [1.29, 1.82) is 0 Å². The monoisotopic (exact) mass is 328 g/mol. The second-order valence-electron chi connectivity index (χ2n) is 7.77. The average molecular weight is 328 g/mol. The molecule has 1 N–H and O–H groups in total. The van der Waals surface area contributed by atoms with E-state index >= 15 is 0 Å². The van der Waals surface area contributed by atoms with Crippen molar-refractivity contribution in [2.45, 2.75) is 44.8 Å². The largest absolute Gasteiger partial charge is 0.378 e.